The average molecular weight is 342 g/mol. The number of alkyl halides is 3. The van der Waals surface area contributed by atoms with Gasteiger partial charge in [-0.2, -0.15) is 0 Å². The summed E-state index contributed by atoms with van der Waals surface area (Å²) in [4.78, 5) is 0. The minimum absolute atomic E-state index is 0.260. The Bertz CT molecular complexity index is 541. The molecule has 0 radical (unpaired) electrons. The van der Waals surface area contributed by atoms with Crippen molar-refractivity contribution < 1.29 is 0 Å². The van der Waals surface area contributed by atoms with Gasteiger partial charge in [-0.25, -0.2) is 0 Å². The van der Waals surface area contributed by atoms with Crippen molar-refractivity contribution in [2.24, 2.45) is 0 Å². The maximum atomic E-state index is 6.22. The Balaban J connectivity index is 2.30. The van der Waals surface area contributed by atoms with Crippen LogP contribution in [-0.4, -0.2) is 3.79 Å². The third kappa shape index (κ3) is 4.64. The zero-order valence-corrected chi connectivity index (χ0v) is 14.3. The van der Waals surface area contributed by atoms with Crippen molar-refractivity contribution in [3.05, 3.63) is 71.3 Å². The summed E-state index contributed by atoms with van der Waals surface area (Å²) < 4.78 is -1.37. The van der Waals surface area contributed by atoms with Gasteiger partial charge in [-0.15, -0.1) is 0 Å². The van der Waals surface area contributed by atoms with Crippen molar-refractivity contribution in [3.8, 4) is 0 Å². The van der Waals surface area contributed by atoms with E-state index in [2.05, 4.69) is 31.2 Å². The van der Waals surface area contributed by atoms with Gasteiger partial charge in [0, 0.05) is 0 Å². The van der Waals surface area contributed by atoms with E-state index in [4.69, 9.17) is 34.8 Å². The molecule has 112 valence electrons. The predicted octanol–water partition coefficient (Wildman–Crippen LogP) is 6.53. The largest absolute Gasteiger partial charge is 0.201 e. The highest BCUT2D eigenvalue weighted by molar-refractivity contribution is 6.68. The molecule has 0 spiro atoms. The number of rotatable bonds is 5. The van der Waals surface area contributed by atoms with E-state index in [0.29, 0.717) is 0 Å². The molecule has 0 heterocycles. The lowest BCUT2D eigenvalue weighted by atomic mass is 9.91. The minimum atomic E-state index is -1.37. The Morgan fingerprint density at radius 1 is 0.857 bits per heavy atom. The van der Waals surface area contributed by atoms with Gasteiger partial charge in [-0.1, -0.05) is 103 Å². The molecule has 0 bridgehead atoms. The molecule has 0 saturated carbocycles. The number of hydrogen-bond acceptors (Lipinski definition) is 0. The summed E-state index contributed by atoms with van der Waals surface area (Å²) in [6, 6.07) is 18.3. The van der Waals surface area contributed by atoms with Gasteiger partial charge in [0.25, 0.3) is 0 Å². The van der Waals surface area contributed by atoms with Gasteiger partial charge in [-0.3, -0.25) is 0 Å². The van der Waals surface area contributed by atoms with E-state index in [1.54, 1.807) is 0 Å². The smallest absolute Gasteiger partial charge is 0.0826 e. The minimum Gasteiger partial charge on any atom is -0.0826 e. The zero-order valence-electron chi connectivity index (χ0n) is 12.0. The summed E-state index contributed by atoms with van der Waals surface area (Å²) >= 11 is 18.7. The fourth-order valence-corrected chi connectivity index (χ4v) is 3.23. The van der Waals surface area contributed by atoms with Gasteiger partial charge in [0.05, 0.1) is 5.92 Å². The third-order valence-electron chi connectivity index (χ3n) is 3.59. The Morgan fingerprint density at radius 3 is 1.95 bits per heavy atom. The van der Waals surface area contributed by atoms with E-state index >= 15 is 0 Å². The first-order valence-corrected chi connectivity index (χ1v) is 8.36. The lowest BCUT2D eigenvalue weighted by molar-refractivity contribution is 0.792. The monoisotopic (exact) mass is 340 g/mol. The fraction of sp³-hybridized carbons (Fsp3) is 0.333. The van der Waals surface area contributed by atoms with Crippen LogP contribution in [0.2, 0.25) is 0 Å². The second kappa shape index (κ2) is 7.54. The topological polar surface area (TPSA) is 0 Å². The van der Waals surface area contributed by atoms with Crippen LogP contribution in [0.5, 0.6) is 0 Å². The third-order valence-corrected chi connectivity index (χ3v) is 4.25. The maximum Gasteiger partial charge on any atom is 0.201 e. The van der Waals surface area contributed by atoms with Crippen molar-refractivity contribution in [1.82, 2.24) is 0 Å². The highest BCUT2D eigenvalue weighted by atomic mass is 35.6. The molecular formula is C18H19Cl3. The molecule has 0 N–H and O–H groups in total. The molecule has 3 heteroatoms. The molecule has 0 aliphatic carbocycles. The van der Waals surface area contributed by atoms with Gasteiger partial charge in [0.1, 0.15) is 0 Å². The van der Waals surface area contributed by atoms with Crippen molar-refractivity contribution in [3.63, 3.8) is 0 Å². The van der Waals surface area contributed by atoms with Crippen LogP contribution in [0.4, 0.5) is 0 Å². The molecule has 0 aliphatic rings. The molecule has 0 amide bonds. The van der Waals surface area contributed by atoms with Crippen LogP contribution in [0.25, 0.3) is 0 Å². The summed E-state index contributed by atoms with van der Waals surface area (Å²) in [7, 11) is 0. The van der Waals surface area contributed by atoms with Crippen LogP contribution in [-0.2, 0) is 6.42 Å². The van der Waals surface area contributed by atoms with E-state index in [1.165, 1.54) is 18.4 Å². The SMILES string of the molecule is CCCCc1ccc(C(c2ccccc2)C(Cl)(Cl)Cl)cc1. The van der Waals surface area contributed by atoms with Gasteiger partial charge in [-0.05, 0) is 29.5 Å². The van der Waals surface area contributed by atoms with Crippen LogP contribution in [0, 0.1) is 0 Å². The molecule has 0 aromatic heterocycles. The van der Waals surface area contributed by atoms with Crippen LogP contribution < -0.4 is 0 Å². The van der Waals surface area contributed by atoms with E-state index < -0.39 is 3.79 Å². The molecule has 0 nitrogen and oxygen atoms in total. The predicted molar refractivity (Wildman–Crippen MR) is 93.6 cm³/mol. The average Bonchev–Trinajstić information content (AvgIpc) is 2.46. The molecule has 0 saturated heterocycles. The van der Waals surface area contributed by atoms with Crippen molar-refractivity contribution >= 4 is 34.8 Å². The Kier molecular flexibility index (Phi) is 5.98. The highest BCUT2D eigenvalue weighted by Crippen LogP contribution is 2.45. The molecule has 1 atom stereocenters. The molecular weight excluding hydrogens is 323 g/mol. The number of benzene rings is 2. The van der Waals surface area contributed by atoms with Crippen LogP contribution in [0.1, 0.15) is 42.4 Å². The summed E-state index contributed by atoms with van der Waals surface area (Å²) in [5.74, 6) is -0.260. The van der Waals surface area contributed by atoms with E-state index in [1.807, 2.05) is 30.3 Å². The van der Waals surface area contributed by atoms with E-state index in [0.717, 1.165) is 17.5 Å². The van der Waals surface area contributed by atoms with Crippen LogP contribution >= 0.6 is 34.8 Å². The number of aryl methyl sites for hydroxylation is 1. The first-order valence-electron chi connectivity index (χ1n) is 7.23. The summed E-state index contributed by atoms with van der Waals surface area (Å²) in [5.41, 5.74) is 3.37. The Morgan fingerprint density at radius 2 is 1.43 bits per heavy atom. The van der Waals surface area contributed by atoms with Crippen molar-refractivity contribution in [2.75, 3.05) is 0 Å². The second-order valence-electron chi connectivity index (χ2n) is 5.23. The normalized spacial score (nSPS) is 13.1. The van der Waals surface area contributed by atoms with E-state index in [9.17, 15) is 0 Å². The number of hydrogen-bond donors (Lipinski definition) is 0. The highest BCUT2D eigenvalue weighted by Gasteiger charge is 2.35. The Hall–Kier alpha value is -0.690. The Labute approximate surface area is 142 Å². The van der Waals surface area contributed by atoms with Crippen LogP contribution in [0.3, 0.4) is 0 Å². The molecule has 0 aliphatic heterocycles. The van der Waals surface area contributed by atoms with Gasteiger partial charge >= 0.3 is 0 Å². The molecule has 1 unspecified atom stereocenters. The molecule has 21 heavy (non-hydrogen) atoms. The van der Waals surface area contributed by atoms with Gasteiger partial charge in [0.2, 0.25) is 3.79 Å². The quantitative estimate of drug-likeness (QED) is 0.542. The molecule has 2 rings (SSSR count). The van der Waals surface area contributed by atoms with Crippen molar-refractivity contribution in [2.45, 2.75) is 35.9 Å². The lowest BCUT2D eigenvalue weighted by Gasteiger charge is -2.25. The number of unbranched alkanes of at least 4 members (excludes halogenated alkanes) is 1. The maximum absolute atomic E-state index is 6.22. The molecule has 2 aromatic carbocycles. The summed E-state index contributed by atoms with van der Waals surface area (Å²) in [6.45, 7) is 2.20. The molecule has 0 fully saturated rings. The second-order valence-corrected chi connectivity index (χ2v) is 7.60. The van der Waals surface area contributed by atoms with Gasteiger partial charge < -0.3 is 0 Å². The van der Waals surface area contributed by atoms with E-state index in [-0.39, 0.29) is 5.92 Å². The standard InChI is InChI=1S/C18H19Cl3/c1-2-3-7-14-10-12-16(13-11-14)17(18(19,20)21)15-8-5-4-6-9-15/h4-6,8-13,17H,2-3,7H2,1H3. The lowest BCUT2D eigenvalue weighted by Crippen LogP contribution is -2.18. The first kappa shape index (κ1) is 16.7. The molecule has 2 aromatic rings. The van der Waals surface area contributed by atoms with Gasteiger partial charge in [0.15, 0.2) is 0 Å². The zero-order chi connectivity index (χ0) is 15.3. The van der Waals surface area contributed by atoms with Crippen molar-refractivity contribution in [1.29, 1.82) is 0 Å². The summed E-state index contributed by atoms with van der Waals surface area (Å²) in [5, 5.41) is 0. The number of halogens is 3. The summed E-state index contributed by atoms with van der Waals surface area (Å²) in [6.07, 6.45) is 3.50. The first-order chi connectivity index (χ1) is 10.0. The fourth-order valence-electron chi connectivity index (χ4n) is 2.47. The van der Waals surface area contributed by atoms with Crippen LogP contribution in [0.15, 0.2) is 54.6 Å².